The number of ether oxygens (including phenoxy) is 1. The molecule has 0 N–H and O–H groups in total. The SMILES string of the molecule is COc1ccc(-c2ccc(C)cc2)cc1C#N. The minimum atomic E-state index is 0.561. The molecule has 0 aliphatic heterocycles. The van der Waals surface area contributed by atoms with E-state index in [1.54, 1.807) is 7.11 Å². The van der Waals surface area contributed by atoms with Crippen LogP contribution < -0.4 is 4.74 Å². The third-order valence-electron chi connectivity index (χ3n) is 2.70. The number of nitriles is 1. The lowest BCUT2D eigenvalue weighted by atomic mass is 10.0. The van der Waals surface area contributed by atoms with Crippen LogP contribution in [-0.2, 0) is 0 Å². The van der Waals surface area contributed by atoms with Crippen molar-refractivity contribution in [2.24, 2.45) is 0 Å². The van der Waals surface area contributed by atoms with Gasteiger partial charge in [0, 0.05) is 0 Å². The first-order valence-corrected chi connectivity index (χ1v) is 5.40. The Morgan fingerprint density at radius 1 is 1.00 bits per heavy atom. The fraction of sp³-hybridized carbons (Fsp3) is 0.133. The first kappa shape index (κ1) is 11.2. The van der Waals surface area contributed by atoms with Crippen LogP contribution in [0.4, 0.5) is 0 Å². The van der Waals surface area contributed by atoms with Crippen LogP contribution in [0.25, 0.3) is 11.1 Å². The molecule has 0 saturated carbocycles. The van der Waals surface area contributed by atoms with Crippen molar-refractivity contribution in [1.82, 2.24) is 0 Å². The molecule has 0 spiro atoms. The summed E-state index contributed by atoms with van der Waals surface area (Å²) in [6.45, 7) is 2.05. The molecule has 0 aliphatic rings. The second-order valence-corrected chi connectivity index (χ2v) is 3.89. The van der Waals surface area contributed by atoms with E-state index in [2.05, 4.69) is 37.3 Å². The molecule has 2 nitrogen and oxygen atoms in total. The molecule has 0 amide bonds. The summed E-state index contributed by atoms with van der Waals surface area (Å²) >= 11 is 0. The molecule has 0 atom stereocenters. The van der Waals surface area contributed by atoms with Gasteiger partial charge in [-0.3, -0.25) is 0 Å². The lowest BCUT2D eigenvalue weighted by Gasteiger charge is -2.06. The van der Waals surface area contributed by atoms with Gasteiger partial charge in [0.25, 0.3) is 0 Å². The van der Waals surface area contributed by atoms with Crippen LogP contribution in [-0.4, -0.2) is 7.11 Å². The van der Waals surface area contributed by atoms with E-state index in [4.69, 9.17) is 10.00 Å². The highest BCUT2D eigenvalue weighted by molar-refractivity contribution is 5.67. The summed E-state index contributed by atoms with van der Waals surface area (Å²) in [7, 11) is 1.57. The summed E-state index contributed by atoms with van der Waals surface area (Å²) in [5.74, 6) is 0.614. The second kappa shape index (κ2) is 4.71. The zero-order valence-electron chi connectivity index (χ0n) is 9.90. The molecule has 0 heterocycles. The van der Waals surface area contributed by atoms with Crippen LogP contribution in [0.15, 0.2) is 42.5 Å². The molecule has 17 heavy (non-hydrogen) atoms. The van der Waals surface area contributed by atoms with Crippen LogP contribution in [0.3, 0.4) is 0 Å². The molecule has 0 unspecified atom stereocenters. The van der Waals surface area contributed by atoms with Gasteiger partial charge in [-0.1, -0.05) is 35.9 Å². The second-order valence-electron chi connectivity index (χ2n) is 3.89. The first-order valence-electron chi connectivity index (χ1n) is 5.40. The Hall–Kier alpha value is -2.27. The maximum atomic E-state index is 9.04. The minimum Gasteiger partial charge on any atom is -0.495 e. The van der Waals surface area contributed by atoms with Crippen molar-refractivity contribution >= 4 is 0 Å². The smallest absolute Gasteiger partial charge is 0.136 e. The highest BCUT2D eigenvalue weighted by Gasteiger charge is 2.04. The molecule has 0 aliphatic carbocycles. The van der Waals surface area contributed by atoms with Crippen molar-refractivity contribution in [3.8, 4) is 22.9 Å². The Bertz CT molecular complexity index is 564. The van der Waals surface area contributed by atoms with E-state index in [1.165, 1.54) is 5.56 Å². The molecule has 2 aromatic rings. The fourth-order valence-electron chi connectivity index (χ4n) is 1.72. The van der Waals surface area contributed by atoms with Crippen molar-refractivity contribution in [3.05, 3.63) is 53.6 Å². The van der Waals surface area contributed by atoms with Crippen LogP contribution in [0.2, 0.25) is 0 Å². The summed E-state index contributed by atoms with van der Waals surface area (Å²) < 4.78 is 5.12. The summed E-state index contributed by atoms with van der Waals surface area (Å²) in [6, 6.07) is 16.0. The van der Waals surface area contributed by atoms with Crippen molar-refractivity contribution in [2.75, 3.05) is 7.11 Å². The Morgan fingerprint density at radius 2 is 1.65 bits per heavy atom. The molecular weight excluding hydrogens is 210 g/mol. The van der Waals surface area contributed by atoms with Gasteiger partial charge in [0.1, 0.15) is 11.8 Å². The molecule has 0 radical (unpaired) electrons. The summed E-state index contributed by atoms with van der Waals surface area (Å²) in [5, 5.41) is 9.04. The molecular formula is C15H13NO. The number of benzene rings is 2. The largest absolute Gasteiger partial charge is 0.495 e. The Morgan fingerprint density at radius 3 is 2.24 bits per heavy atom. The lowest BCUT2D eigenvalue weighted by Crippen LogP contribution is -1.88. The lowest BCUT2D eigenvalue weighted by molar-refractivity contribution is 0.413. The third kappa shape index (κ3) is 2.29. The average molecular weight is 223 g/mol. The van der Waals surface area contributed by atoms with Gasteiger partial charge in [0.2, 0.25) is 0 Å². The number of hydrogen-bond acceptors (Lipinski definition) is 2. The standard InChI is InChI=1S/C15H13NO/c1-11-3-5-12(6-4-11)13-7-8-15(17-2)14(9-13)10-16/h3-9H,1-2H3. The summed E-state index contributed by atoms with van der Waals surface area (Å²) in [6.07, 6.45) is 0. The predicted octanol–water partition coefficient (Wildman–Crippen LogP) is 3.54. The molecule has 84 valence electrons. The number of hydrogen-bond donors (Lipinski definition) is 0. The van der Waals surface area contributed by atoms with Crippen LogP contribution in [0, 0.1) is 18.3 Å². The molecule has 2 rings (SSSR count). The van der Waals surface area contributed by atoms with Gasteiger partial charge in [-0.05, 0) is 30.2 Å². The molecule has 0 bridgehead atoms. The van der Waals surface area contributed by atoms with E-state index in [9.17, 15) is 0 Å². The van der Waals surface area contributed by atoms with Crippen molar-refractivity contribution in [2.45, 2.75) is 6.92 Å². The Labute approximate surface area is 101 Å². The van der Waals surface area contributed by atoms with E-state index < -0.39 is 0 Å². The zero-order chi connectivity index (χ0) is 12.3. The quantitative estimate of drug-likeness (QED) is 0.780. The van der Waals surface area contributed by atoms with Gasteiger partial charge in [-0.2, -0.15) is 5.26 Å². The first-order chi connectivity index (χ1) is 8.24. The molecule has 2 aromatic carbocycles. The van der Waals surface area contributed by atoms with E-state index in [-0.39, 0.29) is 0 Å². The molecule has 0 aromatic heterocycles. The zero-order valence-corrected chi connectivity index (χ0v) is 9.90. The highest BCUT2D eigenvalue weighted by Crippen LogP contribution is 2.26. The molecule has 0 fully saturated rings. The number of rotatable bonds is 2. The minimum absolute atomic E-state index is 0.561. The van der Waals surface area contributed by atoms with Gasteiger partial charge in [0.05, 0.1) is 12.7 Å². The van der Waals surface area contributed by atoms with Gasteiger partial charge in [-0.15, -0.1) is 0 Å². The topological polar surface area (TPSA) is 33.0 Å². The maximum absolute atomic E-state index is 9.04. The van der Waals surface area contributed by atoms with Crippen molar-refractivity contribution in [3.63, 3.8) is 0 Å². The number of aryl methyl sites for hydroxylation is 1. The van der Waals surface area contributed by atoms with E-state index in [1.807, 2.05) is 18.2 Å². The van der Waals surface area contributed by atoms with Gasteiger partial charge >= 0.3 is 0 Å². The van der Waals surface area contributed by atoms with Crippen molar-refractivity contribution < 1.29 is 4.74 Å². The number of nitrogens with zero attached hydrogens (tertiary/aromatic N) is 1. The van der Waals surface area contributed by atoms with Gasteiger partial charge in [-0.25, -0.2) is 0 Å². The fourth-order valence-corrected chi connectivity index (χ4v) is 1.72. The van der Waals surface area contributed by atoms with E-state index >= 15 is 0 Å². The predicted molar refractivity (Wildman–Crippen MR) is 67.9 cm³/mol. The molecule has 0 saturated heterocycles. The summed E-state index contributed by atoms with van der Waals surface area (Å²) in [4.78, 5) is 0. The van der Waals surface area contributed by atoms with Crippen LogP contribution >= 0.6 is 0 Å². The maximum Gasteiger partial charge on any atom is 0.136 e. The average Bonchev–Trinajstić information content (AvgIpc) is 2.39. The number of methoxy groups -OCH3 is 1. The Balaban J connectivity index is 2.47. The van der Waals surface area contributed by atoms with Crippen molar-refractivity contribution in [1.29, 1.82) is 5.26 Å². The third-order valence-corrected chi connectivity index (χ3v) is 2.70. The molecule has 2 heteroatoms. The van der Waals surface area contributed by atoms with Crippen LogP contribution in [0.5, 0.6) is 5.75 Å². The highest BCUT2D eigenvalue weighted by atomic mass is 16.5. The monoisotopic (exact) mass is 223 g/mol. The summed E-state index contributed by atoms with van der Waals surface area (Å²) in [5.41, 5.74) is 3.92. The van der Waals surface area contributed by atoms with Gasteiger partial charge < -0.3 is 4.74 Å². The van der Waals surface area contributed by atoms with E-state index in [0.717, 1.165) is 11.1 Å². The van der Waals surface area contributed by atoms with Gasteiger partial charge in [0.15, 0.2) is 0 Å². The van der Waals surface area contributed by atoms with Crippen LogP contribution in [0.1, 0.15) is 11.1 Å². The van der Waals surface area contributed by atoms with E-state index in [0.29, 0.717) is 11.3 Å². The Kier molecular flexibility index (Phi) is 3.11. The normalized spacial score (nSPS) is 9.71.